The predicted molar refractivity (Wildman–Crippen MR) is 138 cm³/mol. The number of ether oxygens (including phenoxy) is 1. The topological polar surface area (TPSA) is 84.3 Å². The zero-order valence-corrected chi connectivity index (χ0v) is 20.4. The van der Waals surface area contributed by atoms with Gasteiger partial charge >= 0.3 is 0 Å². The molecule has 8 nitrogen and oxygen atoms in total. The molecule has 3 aliphatic rings. The number of hydrogen-bond acceptors (Lipinski definition) is 6. The zero-order chi connectivity index (χ0) is 24.4. The second-order valence-corrected chi connectivity index (χ2v) is 10.2. The summed E-state index contributed by atoms with van der Waals surface area (Å²) in [5.74, 6) is 1.60. The number of fused-ring (bicyclic) bond motifs is 5. The van der Waals surface area contributed by atoms with Gasteiger partial charge in [0.1, 0.15) is 11.5 Å². The van der Waals surface area contributed by atoms with Gasteiger partial charge in [0.25, 0.3) is 5.91 Å². The van der Waals surface area contributed by atoms with Gasteiger partial charge < -0.3 is 24.8 Å². The molecule has 1 amide bonds. The molecule has 36 heavy (non-hydrogen) atoms. The van der Waals surface area contributed by atoms with Gasteiger partial charge in [-0.15, -0.1) is 0 Å². The number of aromatic nitrogens is 3. The number of rotatable bonds is 3. The highest BCUT2D eigenvalue weighted by Crippen LogP contribution is 2.39. The molecule has 2 atom stereocenters. The molecule has 2 unspecified atom stereocenters. The van der Waals surface area contributed by atoms with Gasteiger partial charge in [0.05, 0.1) is 30.2 Å². The van der Waals surface area contributed by atoms with Gasteiger partial charge in [-0.3, -0.25) is 4.79 Å². The van der Waals surface area contributed by atoms with Crippen LogP contribution in [0.2, 0.25) is 0 Å². The second kappa shape index (κ2) is 8.15. The van der Waals surface area contributed by atoms with E-state index < -0.39 is 0 Å². The Morgan fingerprint density at radius 1 is 1.08 bits per heavy atom. The van der Waals surface area contributed by atoms with Gasteiger partial charge in [-0.1, -0.05) is 12.1 Å². The smallest absolute Gasteiger partial charge is 0.254 e. The molecular formula is C28H28N6O2. The first kappa shape index (κ1) is 21.5. The number of hydrogen-bond donors (Lipinski definition) is 2. The number of benzene rings is 1. The summed E-state index contributed by atoms with van der Waals surface area (Å²) in [4.78, 5) is 24.8. The maximum absolute atomic E-state index is 13.0. The Kier molecular flexibility index (Phi) is 4.87. The van der Waals surface area contributed by atoms with Crippen molar-refractivity contribution in [1.29, 1.82) is 0 Å². The lowest BCUT2D eigenvalue weighted by atomic mass is 9.89. The summed E-state index contributed by atoms with van der Waals surface area (Å²) < 4.78 is 7.81. The van der Waals surface area contributed by atoms with Gasteiger partial charge in [-0.05, 0) is 53.6 Å². The standard InChI is InChI=1S/C28H28N6O2/c1-33-12-16-14-36-15-22(16)19-4-6-25(32-24(19)13-33)31-23-5-3-17(21-11-30-28(35)26(21)23)18-7-9-29-27-20(18)8-10-34(27)2/h3-10,16,22H,11-15H2,1-2H3,(H,30,35)(H,31,32). The highest BCUT2D eigenvalue weighted by atomic mass is 16.5. The van der Waals surface area contributed by atoms with E-state index in [-0.39, 0.29) is 5.91 Å². The Hall–Kier alpha value is -3.75. The molecule has 4 aromatic rings. The Bertz CT molecular complexity index is 1530. The molecule has 3 aromatic heterocycles. The Morgan fingerprint density at radius 3 is 2.92 bits per heavy atom. The number of nitrogens with zero attached hydrogens (tertiary/aromatic N) is 4. The van der Waals surface area contributed by atoms with Gasteiger partial charge in [0.15, 0.2) is 0 Å². The summed E-state index contributed by atoms with van der Waals surface area (Å²) in [7, 11) is 4.14. The van der Waals surface area contributed by atoms with E-state index >= 15 is 0 Å². The minimum atomic E-state index is -0.0619. The van der Waals surface area contributed by atoms with E-state index in [2.05, 4.69) is 45.8 Å². The molecule has 2 N–H and O–H groups in total. The van der Waals surface area contributed by atoms with Crippen LogP contribution in [0.1, 0.15) is 33.1 Å². The number of amides is 1. The van der Waals surface area contributed by atoms with Crippen LogP contribution in [0.25, 0.3) is 22.2 Å². The minimum Gasteiger partial charge on any atom is -0.380 e. The minimum absolute atomic E-state index is 0.0619. The van der Waals surface area contributed by atoms with Gasteiger partial charge in [-0.25, -0.2) is 9.97 Å². The molecule has 0 bridgehead atoms. The van der Waals surface area contributed by atoms with E-state index in [0.717, 1.165) is 71.2 Å². The molecule has 3 aliphatic heterocycles. The molecule has 1 saturated heterocycles. The number of nitrogens with one attached hydrogen (secondary N) is 2. The third-order valence-electron chi connectivity index (χ3n) is 7.86. The molecule has 0 saturated carbocycles. The summed E-state index contributed by atoms with van der Waals surface area (Å²) in [6, 6.07) is 12.4. The molecule has 7 rings (SSSR count). The van der Waals surface area contributed by atoms with E-state index in [0.29, 0.717) is 23.9 Å². The Labute approximate surface area is 209 Å². The molecular weight excluding hydrogens is 452 g/mol. The van der Waals surface area contributed by atoms with Crippen LogP contribution in [0.15, 0.2) is 48.8 Å². The fraction of sp³-hybridized carbons (Fsp3) is 0.321. The average molecular weight is 481 g/mol. The normalized spacial score (nSPS) is 21.1. The number of anilines is 2. The summed E-state index contributed by atoms with van der Waals surface area (Å²) in [6.45, 7) is 3.90. The average Bonchev–Trinajstić information content (AvgIpc) is 3.57. The molecule has 1 fully saturated rings. The van der Waals surface area contributed by atoms with Crippen LogP contribution < -0.4 is 10.6 Å². The zero-order valence-electron chi connectivity index (χ0n) is 20.4. The van der Waals surface area contributed by atoms with Crippen molar-refractivity contribution in [3.8, 4) is 11.1 Å². The van der Waals surface area contributed by atoms with E-state index in [4.69, 9.17) is 9.72 Å². The number of aryl methyl sites for hydroxylation is 1. The molecule has 8 heteroatoms. The highest BCUT2D eigenvalue weighted by Gasteiger charge is 2.35. The van der Waals surface area contributed by atoms with Crippen molar-refractivity contribution < 1.29 is 9.53 Å². The predicted octanol–water partition coefficient (Wildman–Crippen LogP) is 3.80. The molecule has 0 radical (unpaired) electrons. The molecule has 0 aliphatic carbocycles. The summed E-state index contributed by atoms with van der Waals surface area (Å²) >= 11 is 0. The van der Waals surface area contributed by atoms with Gasteiger partial charge in [0.2, 0.25) is 0 Å². The van der Waals surface area contributed by atoms with Crippen LogP contribution in [0.3, 0.4) is 0 Å². The SMILES string of the molecule is CN1Cc2nc(Nc3ccc(-c4ccnc5c4ccn5C)c4c3C(=O)NC4)ccc2C2COCC2C1. The quantitative estimate of drug-likeness (QED) is 0.464. The maximum Gasteiger partial charge on any atom is 0.254 e. The van der Waals surface area contributed by atoms with Crippen LogP contribution in [-0.4, -0.2) is 52.1 Å². The van der Waals surface area contributed by atoms with E-state index in [1.807, 2.05) is 42.2 Å². The van der Waals surface area contributed by atoms with Crippen LogP contribution >= 0.6 is 0 Å². The van der Waals surface area contributed by atoms with E-state index in [1.54, 1.807) is 0 Å². The Morgan fingerprint density at radius 2 is 2.00 bits per heavy atom. The summed E-state index contributed by atoms with van der Waals surface area (Å²) in [5, 5.41) is 7.56. The van der Waals surface area contributed by atoms with Crippen molar-refractivity contribution in [1.82, 2.24) is 24.8 Å². The Balaban J connectivity index is 1.28. The van der Waals surface area contributed by atoms with Gasteiger partial charge in [0, 0.05) is 56.3 Å². The highest BCUT2D eigenvalue weighted by molar-refractivity contribution is 6.07. The summed E-state index contributed by atoms with van der Waals surface area (Å²) in [6.07, 6.45) is 3.85. The first-order valence-electron chi connectivity index (χ1n) is 12.4. The van der Waals surface area contributed by atoms with Gasteiger partial charge in [-0.2, -0.15) is 0 Å². The lowest BCUT2D eigenvalue weighted by Gasteiger charge is -2.18. The first-order valence-corrected chi connectivity index (χ1v) is 12.4. The molecule has 182 valence electrons. The molecule has 0 spiro atoms. The van der Waals surface area contributed by atoms with Crippen molar-refractivity contribution in [2.45, 2.75) is 19.0 Å². The largest absolute Gasteiger partial charge is 0.380 e. The van der Waals surface area contributed by atoms with Crippen molar-refractivity contribution >= 4 is 28.4 Å². The van der Waals surface area contributed by atoms with E-state index in [1.165, 1.54) is 5.56 Å². The maximum atomic E-state index is 13.0. The number of carbonyl (C=O) groups is 1. The van der Waals surface area contributed by atoms with Crippen LogP contribution in [0.4, 0.5) is 11.5 Å². The third-order valence-corrected chi connectivity index (χ3v) is 7.86. The molecule has 6 heterocycles. The first-order chi connectivity index (χ1) is 17.6. The fourth-order valence-corrected chi connectivity index (χ4v) is 6.13. The fourth-order valence-electron chi connectivity index (χ4n) is 6.13. The van der Waals surface area contributed by atoms with Crippen molar-refractivity contribution in [3.63, 3.8) is 0 Å². The molecule has 1 aromatic carbocycles. The lowest BCUT2D eigenvalue weighted by molar-refractivity contribution is 0.0966. The van der Waals surface area contributed by atoms with Crippen molar-refractivity contribution in [2.24, 2.45) is 13.0 Å². The number of pyridine rings is 2. The number of carbonyl (C=O) groups excluding carboxylic acids is 1. The van der Waals surface area contributed by atoms with Crippen LogP contribution in [0, 0.1) is 5.92 Å². The van der Waals surface area contributed by atoms with Crippen molar-refractivity contribution in [2.75, 3.05) is 32.1 Å². The van der Waals surface area contributed by atoms with Crippen LogP contribution in [0.5, 0.6) is 0 Å². The third kappa shape index (κ3) is 3.32. The van der Waals surface area contributed by atoms with Crippen LogP contribution in [-0.2, 0) is 24.9 Å². The summed E-state index contributed by atoms with van der Waals surface area (Å²) in [5.41, 5.74) is 7.90. The second-order valence-electron chi connectivity index (χ2n) is 10.2. The van der Waals surface area contributed by atoms with E-state index in [9.17, 15) is 4.79 Å². The lowest BCUT2D eigenvalue weighted by Crippen LogP contribution is -2.25. The monoisotopic (exact) mass is 480 g/mol. The van der Waals surface area contributed by atoms with Crippen molar-refractivity contribution in [3.05, 3.63) is 71.2 Å².